The minimum atomic E-state index is -0.455. The first-order chi connectivity index (χ1) is 7.48. The fourth-order valence-corrected chi connectivity index (χ4v) is 1.86. The molecule has 1 fully saturated rings. The Balaban J connectivity index is 2.21. The maximum Gasteiger partial charge on any atom is 0.242 e. The first-order valence-electron chi connectivity index (χ1n) is 5.29. The van der Waals surface area contributed by atoms with Gasteiger partial charge < -0.3 is 5.32 Å². The van der Waals surface area contributed by atoms with Gasteiger partial charge in [0.05, 0.1) is 0 Å². The first kappa shape index (κ1) is 11.1. The smallest absolute Gasteiger partial charge is 0.242 e. The molecule has 1 aliphatic heterocycles. The molecule has 0 radical (unpaired) electrons. The molecule has 1 heterocycles. The number of hydrogen-bond donors (Lipinski definition) is 2. The number of hydrogen-bond acceptors (Lipinski definition) is 2. The Morgan fingerprint density at radius 1 is 1.44 bits per heavy atom. The Morgan fingerprint density at radius 2 is 2.19 bits per heavy atom. The predicted octanol–water partition coefficient (Wildman–Crippen LogP) is 1.36. The Bertz CT molecular complexity index is 417. The molecular weight excluding hydrogens is 207 g/mol. The highest BCUT2D eigenvalue weighted by Crippen LogP contribution is 2.19. The molecule has 1 aromatic rings. The number of benzene rings is 1. The lowest BCUT2D eigenvalue weighted by atomic mass is 9.97. The summed E-state index contributed by atoms with van der Waals surface area (Å²) in [6, 6.07) is 5.66. The van der Waals surface area contributed by atoms with Crippen molar-refractivity contribution in [3.8, 4) is 0 Å². The van der Waals surface area contributed by atoms with E-state index in [0.717, 1.165) is 0 Å². The van der Waals surface area contributed by atoms with Crippen LogP contribution >= 0.6 is 0 Å². The first-order valence-corrected chi connectivity index (χ1v) is 5.29. The van der Waals surface area contributed by atoms with Crippen LogP contribution in [0.3, 0.4) is 0 Å². The van der Waals surface area contributed by atoms with E-state index < -0.39 is 6.04 Å². The van der Waals surface area contributed by atoms with Gasteiger partial charge in [-0.25, -0.2) is 4.39 Å². The average molecular weight is 222 g/mol. The van der Waals surface area contributed by atoms with Crippen molar-refractivity contribution >= 4 is 5.91 Å². The van der Waals surface area contributed by atoms with Crippen LogP contribution in [0.4, 0.5) is 4.39 Å². The third-order valence-electron chi connectivity index (χ3n) is 2.65. The summed E-state index contributed by atoms with van der Waals surface area (Å²) in [5.41, 5.74) is 0.411. The highest BCUT2D eigenvalue weighted by molar-refractivity contribution is 5.84. The predicted molar refractivity (Wildman–Crippen MR) is 59.4 cm³/mol. The van der Waals surface area contributed by atoms with Crippen LogP contribution in [0.15, 0.2) is 24.3 Å². The summed E-state index contributed by atoms with van der Waals surface area (Å²) in [6.45, 7) is 4.55. The normalized spacial score (nSPS) is 23.9. The second-order valence-electron chi connectivity index (χ2n) is 4.74. The summed E-state index contributed by atoms with van der Waals surface area (Å²) < 4.78 is 13.0. The SMILES string of the molecule is CC1(C)CNC(c2cccc(F)c2)C(=O)N1. The van der Waals surface area contributed by atoms with E-state index in [9.17, 15) is 9.18 Å². The molecule has 0 aromatic heterocycles. The van der Waals surface area contributed by atoms with Gasteiger partial charge in [0.25, 0.3) is 0 Å². The van der Waals surface area contributed by atoms with E-state index in [0.29, 0.717) is 12.1 Å². The van der Waals surface area contributed by atoms with Crippen molar-refractivity contribution in [1.29, 1.82) is 0 Å². The number of carbonyl (C=O) groups is 1. The van der Waals surface area contributed by atoms with Crippen molar-refractivity contribution in [2.24, 2.45) is 0 Å². The fourth-order valence-electron chi connectivity index (χ4n) is 1.86. The van der Waals surface area contributed by atoms with Gasteiger partial charge >= 0.3 is 0 Å². The number of piperazine rings is 1. The molecule has 2 rings (SSSR count). The van der Waals surface area contributed by atoms with Crippen LogP contribution in [-0.4, -0.2) is 18.0 Å². The highest BCUT2D eigenvalue weighted by atomic mass is 19.1. The lowest BCUT2D eigenvalue weighted by molar-refractivity contribution is -0.126. The van der Waals surface area contributed by atoms with Crippen LogP contribution in [-0.2, 0) is 4.79 Å². The lowest BCUT2D eigenvalue weighted by Crippen LogP contribution is -2.59. The van der Waals surface area contributed by atoms with Crippen LogP contribution in [0.1, 0.15) is 25.5 Å². The van der Waals surface area contributed by atoms with Gasteiger partial charge in [0.2, 0.25) is 5.91 Å². The largest absolute Gasteiger partial charge is 0.348 e. The lowest BCUT2D eigenvalue weighted by Gasteiger charge is -2.36. The van der Waals surface area contributed by atoms with Crippen molar-refractivity contribution in [3.05, 3.63) is 35.6 Å². The van der Waals surface area contributed by atoms with Crippen molar-refractivity contribution < 1.29 is 9.18 Å². The number of rotatable bonds is 1. The molecule has 1 aromatic carbocycles. The van der Waals surface area contributed by atoms with Crippen molar-refractivity contribution in [3.63, 3.8) is 0 Å². The standard InChI is InChI=1S/C12H15FN2O/c1-12(2)7-14-10(11(16)15-12)8-4-3-5-9(13)6-8/h3-6,10,14H,7H2,1-2H3,(H,15,16). The van der Waals surface area contributed by atoms with E-state index in [1.807, 2.05) is 13.8 Å². The summed E-state index contributed by atoms with van der Waals surface area (Å²) >= 11 is 0. The maximum atomic E-state index is 13.0. The minimum absolute atomic E-state index is 0.109. The molecule has 1 saturated heterocycles. The van der Waals surface area contributed by atoms with E-state index in [-0.39, 0.29) is 17.3 Å². The Labute approximate surface area is 94.0 Å². The number of halogens is 1. The number of carbonyl (C=O) groups excluding carboxylic acids is 1. The highest BCUT2D eigenvalue weighted by Gasteiger charge is 2.32. The van der Waals surface area contributed by atoms with E-state index in [1.54, 1.807) is 12.1 Å². The van der Waals surface area contributed by atoms with Gasteiger partial charge in [-0.05, 0) is 31.5 Å². The van der Waals surface area contributed by atoms with Crippen LogP contribution in [0.25, 0.3) is 0 Å². The van der Waals surface area contributed by atoms with E-state index in [2.05, 4.69) is 10.6 Å². The zero-order chi connectivity index (χ0) is 11.8. The van der Waals surface area contributed by atoms with Gasteiger partial charge in [-0.1, -0.05) is 12.1 Å². The molecule has 1 aliphatic rings. The molecule has 3 nitrogen and oxygen atoms in total. The van der Waals surface area contributed by atoms with Crippen LogP contribution < -0.4 is 10.6 Å². The topological polar surface area (TPSA) is 41.1 Å². The molecule has 0 bridgehead atoms. The van der Waals surface area contributed by atoms with E-state index in [4.69, 9.17) is 0 Å². The summed E-state index contributed by atoms with van der Waals surface area (Å²) in [6.07, 6.45) is 0. The Kier molecular flexibility index (Phi) is 2.68. The Hall–Kier alpha value is -1.42. The summed E-state index contributed by atoms with van der Waals surface area (Å²) in [4.78, 5) is 11.8. The summed E-state index contributed by atoms with van der Waals surface area (Å²) in [5, 5.41) is 6.02. The zero-order valence-electron chi connectivity index (χ0n) is 9.38. The Morgan fingerprint density at radius 3 is 2.81 bits per heavy atom. The second kappa shape index (κ2) is 3.87. The van der Waals surface area contributed by atoms with Gasteiger partial charge in [0.15, 0.2) is 0 Å². The van der Waals surface area contributed by atoms with Gasteiger partial charge in [-0.2, -0.15) is 0 Å². The van der Waals surface area contributed by atoms with Crippen LogP contribution in [0.5, 0.6) is 0 Å². The molecule has 1 atom stereocenters. The molecule has 0 saturated carbocycles. The van der Waals surface area contributed by atoms with Crippen LogP contribution in [0, 0.1) is 5.82 Å². The van der Waals surface area contributed by atoms with Gasteiger partial charge in [-0.3, -0.25) is 10.1 Å². The van der Waals surface area contributed by atoms with Gasteiger partial charge in [-0.15, -0.1) is 0 Å². The summed E-state index contributed by atoms with van der Waals surface area (Å²) in [5.74, 6) is -0.432. The van der Waals surface area contributed by atoms with Crippen molar-refractivity contribution in [1.82, 2.24) is 10.6 Å². The molecular formula is C12H15FN2O. The van der Waals surface area contributed by atoms with Gasteiger partial charge in [0.1, 0.15) is 11.9 Å². The maximum absolute atomic E-state index is 13.0. The number of nitrogens with one attached hydrogen (secondary N) is 2. The fraction of sp³-hybridized carbons (Fsp3) is 0.417. The molecule has 0 aliphatic carbocycles. The third kappa shape index (κ3) is 2.22. The molecule has 16 heavy (non-hydrogen) atoms. The molecule has 1 amide bonds. The monoisotopic (exact) mass is 222 g/mol. The van der Waals surface area contributed by atoms with Crippen molar-refractivity contribution in [2.75, 3.05) is 6.54 Å². The molecule has 4 heteroatoms. The quantitative estimate of drug-likeness (QED) is 0.753. The average Bonchev–Trinajstić information content (AvgIpc) is 2.15. The third-order valence-corrected chi connectivity index (χ3v) is 2.65. The van der Waals surface area contributed by atoms with E-state index in [1.165, 1.54) is 12.1 Å². The van der Waals surface area contributed by atoms with E-state index >= 15 is 0 Å². The minimum Gasteiger partial charge on any atom is -0.348 e. The molecule has 0 spiro atoms. The van der Waals surface area contributed by atoms with Crippen LogP contribution in [0.2, 0.25) is 0 Å². The van der Waals surface area contributed by atoms with Crippen molar-refractivity contribution in [2.45, 2.75) is 25.4 Å². The number of amides is 1. The summed E-state index contributed by atoms with van der Waals surface area (Å²) in [7, 11) is 0. The second-order valence-corrected chi connectivity index (χ2v) is 4.74. The molecule has 86 valence electrons. The molecule has 2 N–H and O–H groups in total. The zero-order valence-corrected chi connectivity index (χ0v) is 9.38. The van der Waals surface area contributed by atoms with Gasteiger partial charge in [0, 0.05) is 12.1 Å². The molecule has 1 unspecified atom stereocenters.